The van der Waals surface area contributed by atoms with E-state index >= 15 is 0 Å². The van der Waals surface area contributed by atoms with E-state index in [-0.39, 0.29) is 17.6 Å². The summed E-state index contributed by atoms with van der Waals surface area (Å²) in [5.41, 5.74) is -0.933. The summed E-state index contributed by atoms with van der Waals surface area (Å²) in [4.78, 5) is 23.3. The monoisotopic (exact) mass is 328 g/mol. The van der Waals surface area contributed by atoms with Crippen molar-refractivity contribution in [3.05, 3.63) is 18.1 Å². The van der Waals surface area contributed by atoms with Crippen LogP contribution in [0.5, 0.6) is 0 Å². The zero-order valence-corrected chi connectivity index (χ0v) is 12.7. The molecule has 126 valence electrons. The topological polar surface area (TPSA) is 49.3 Å². The second kappa shape index (κ2) is 6.33. The molecule has 0 atom stereocenters. The molecule has 1 amide bonds. The fourth-order valence-electron chi connectivity index (χ4n) is 3.23. The van der Waals surface area contributed by atoms with Gasteiger partial charge >= 0.3 is 6.18 Å². The minimum absolute atomic E-state index is 0.0201. The van der Waals surface area contributed by atoms with Gasteiger partial charge in [-0.05, 0) is 25.7 Å². The van der Waals surface area contributed by atoms with Crippen molar-refractivity contribution in [1.82, 2.24) is 14.9 Å². The Balaban J connectivity index is 1.61. The van der Waals surface area contributed by atoms with E-state index < -0.39 is 11.9 Å². The fourth-order valence-corrected chi connectivity index (χ4v) is 3.23. The molecule has 3 heterocycles. The third kappa shape index (κ3) is 3.56. The number of carbonyl (C=O) groups excluding carboxylic acids is 1. The van der Waals surface area contributed by atoms with Crippen LogP contribution < -0.4 is 4.90 Å². The Labute approximate surface area is 132 Å². The first-order valence-electron chi connectivity index (χ1n) is 7.88. The molecule has 0 unspecified atom stereocenters. The van der Waals surface area contributed by atoms with Crippen molar-refractivity contribution >= 4 is 11.7 Å². The van der Waals surface area contributed by atoms with Crippen LogP contribution in [0.2, 0.25) is 0 Å². The highest BCUT2D eigenvalue weighted by atomic mass is 19.4. The Kier molecular flexibility index (Phi) is 4.41. The maximum absolute atomic E-state index is 12.7. The SMILES string of the molecule is O=C(C1CCN(c2cc(C(F)(F)F)ncn2)CC1)N1CCCC1. The minimum Gasteiger partial charge on any atom is -0.356 e. The first kappa shape index (κ1) is 16.0. The van der Waals surface area contributed by atoms with Crippen LogP contribution in [0, 0.1) is 5.92 Å². The van der Waals surface area contributed by atoms with Crippen LogP contribution in [0.4, 0.5) is 19.0 Å². The molecule has 0 aromatic carbocycles. The van der Waals surface area contributed by atoms with Gasteiger partial charge in [-0.25, -0.2) is 9.97 Å². The van der Waals surface area contributed by atoms with Gasteiger partial charge in [0.1, 0.15) is 17.8 Å². The summed E-state index contributed by atoms with van der Waals surface area (Å²) in [7, 11) is 0. The van der Waals surface area contributed by atoms with Crippen LogP contribution in [0.25, 0.3) is 0 Å². The lowest BCUT2D eigenvalue weighted by Gasteiger charge is -2.33. The molecule has 0 spiro atoms. The Morgan fingerprint density at radius 1 is 1.09 bits per heavy atom. The number of anilines is 1. The normalized spacial score (nSPS) is 20.1. The number of nitrogens with zero attached hydrogens (tertiary/aromatic N) is 4. The third-order valence-corrected chi connectivity index (χ3v) is 4.53. The number of hydrogen-bond donors (Lipinski definition) is 0. The van der Waals surface area contributed by atoms with Gasteiger partial charge in [0.2, 0.25) is 5.91 Å². The molecule has 0 bridgehead atoms. The predicted molar refractivity (Wildman–Crippen MR) is 77.8 cm³/mol. The number of amides is 1. The number of piperidine rings is 1. The minimum atomic E-state index is -4.47. The number of aromatic nitrogens is 2. The van der Waals surface area contributed by atoms with Crippen molar-refractivity contribution in [3.8, 4) is 0 Å². The third-order valence-electron chi connectivity index (χ3n) is 4.53. The molecule has 1 aromatic heterocycles. The molecule has 2 fully saturated rings. The van der Waals surface area contributed by atoms with Crippen LogP contribution in [0.3, 0.4) is 0 Å². The molecule has 3 rings (SSSR count). The van der Waals surface area contributed by atoms with E-state index in [1.165, 1.54) is 0 Å². The van der Waals surface area contributed by atoms with Crippen LogP contribution in [-0.4, -0.2) is 47.0 Å². The van der Waals surface area contributed by atoms with Gasteiger partial charge < -0.3 is 9.80 Å². The molecule has 0 radical (unpaired) electrons. The van der Waals surface area contributed by atoms with Gasteiger partial charge in [-0.3, -0.25) is 4.79 Å². The molecular weight excluding hydrogens is 309 g/mol. The molecule has 1 aromatic rings. The zero-order valence-electron chi connectivity index (χ0n) is 12.7. The molecule has 8 heteroatoms. The molecule has 0 saturated carbocycles. The van der Waals surface area contributed by atoms with Gasteiger partial charge in [0, 0.05) is 38.2 Å². The highest BCUT2D eigenvalue weighted by Gasteiger charge is 2.34. The maximum atomic E-state index is 12.7. The lowest BCUT2D eigenvalue weighted by atomic mass is 9.95. The van der Waals surface area contributed by atoms with Crippen molar-refractivity contribution in [3.63, 3.8) is 0 Å². The first-order chi connectivity index (χ1) is 10.9. The lowest BCUT2D eigenvalue weighted by molar-refractivity contribution is -0.141. The van der Waals surface area contributed by atoms with E-state index in [2.05, 4.69) is 9.97 Å². The van der Waals surface area contributed by atoms with E-state index in [1.54, 1.807) is 4.90 Å². The second-order valence-corrected chi connectivity index (χ2v) is 6.05. The van der Waals surface area contributed by atoms with Gasteiger partial charge in [0.25, 0.3) is 0 Å². The second-order valence-electron chi connectivity index (χ2n) is 6.05. The van der Waals surface area contributed by atoms with E-state index in [1.807, 2.05) is 4.90 Å². The molecule has 5 nitrogen and oxygen atoms in total. The fraction of sp³-hybridized carbons (Fsp3) is 0.667. The molecule has 2 saturated heterocycles. The Morgan fingerprint density at radius 3 is 2.35 bits per heavy atom. The van der Waals surface area contributed by atoms with Crippen LogP contribution in [-0.2, 0) is 11.0 Å². The molecular formula is C15H19F3N4O. The van der Waals surface area contributed by atoms with Gasteiger partial charge in [-0.2, -0.15) is 13.2 Å². The zero-order chi connectivity index (χ0) is 16.4. The van der Waals surface area contributed by atoms with Crippen molar-refractivity contribution in [2.45, 2.75) is 31.9 Å². The Hall–Kier alpha value is -1.86. The predicted octanol–water partition coefficient (Wildman–Crippen LogP) is 2.33. The van der Waals surface area contributed by atoms with Gasteiger partial charge in [-0.1, -0.05) is 0 Å². The lowest BCUT2D eigenvalue weighted by Crippen LogP contribution is -2.42. The van der Waals surface area contributed by atoms with Gasteiger partial charge in [-0.15, -0.1) is 0 Å². The number of carbonyl (C=O) groups is 1. The molecule has 0 N–H and O–H groups in total. The average Bonchev–Trinajstić information content (AvgIpc) is 3.08. The average molecular weight is 328 g/mol. The summed E-state index contributed by atoms with van der Waals surface area (Å²) in [5.74, 6) is 0.452. The van der Waals surface area contributed by atoms with E-state index in [0.717, 1.165) is 38.3 Å². The molecule has 23 heavy (non-hydrogen) atoms. The maximum Gasteiger partial charge on any atom is 0.433 e. The number of hydrogen-bond acceptors (Lipinski definition) is 4. The van der Waals surface area contributed by atoms with Crippen molar-refractivity contribution in [1.29, 1.82) is 0 Å². The van der Waals surface area contributed by atoms with Crippen LogP contribution in [0.1, 0.15) is 31.4 Å². The summed E-state index contributed by atoms with van der Waals surface area (Å²) in [6, 6.07) is 0.975. The smallest absolute Gasteiger partial charge is 0.356 e. The number of halogens is 3. The summed E-state index contributed by atoms with van der Waals surface area (Å²) >= 11 is 0. The first-order valence-corrected chi connectivity index (χ1v) is 7.88. The molecule has 2 aliphatic rings. The highest BCUT2D eigenvalue weighted by Crippen LogP contribution is 2.30. The largest absolute Gasteiger partial charge is 0.433 e. The van der Waals surface area contributed by atoms with Crippen LogP contribution in [0.15, 0.2) is 12.4 Å². The van der Waals surface area contributed by atoms with E-state index in [9.17, 15) is 18.0 Å². The van der Waals surface area contributed by atoms with Gasteiger partial charge in [0.15, 0.2) is 0 Å². The number of alkyl halides is 3. The molecule has 2 aliphatic heterocycles. The highest BCUT2D eigenvalue weighted by molar-refractivity contribution is 5.79. The quantitative estimate of drug-likeness (QED) is 0.836. The standard InChI is InChI=1S/C15H19F3N4O/c16-15(17,18)12-9-13(20-10-19-12)21-7-3-11(4-8-21)14(23)22-5-1-2-6-22/h9-11H,1-8H2. The van der Waals surface area contributed by atoms with Gasteiger partial charge in [0.05, 0.1) is 0 Å². The van der Waals surface area contributed by atoms with Crippen LogP contribution >= 0.6 is 0 Å². The van der Waals surface area contributed by atoms with Crippen molar-refractivity contribution in [2.75, 3.05) is 31.1 Å². The molecule has 0 aliphatic carbocycles. The summed E-state index contributed by atoms with van der Waals surface area (Å²) in [5, 5.41) is 0. The Morgan fingerprint density at radius 2 is 1.74 bits per heavy atom. The Bertz CT molecular complexity index is 564. The number of rotatable bonds is 2. The number of likely N-dealkylation sites (tertiary alicyclic amines) is 1. The summed E-state index contributed by atoms with van der Waals surface area (Å²) in [6.45, 7) is 2.75. The summed E-state index contributed by atoms with van der Waals surface area (Å²) in [6.07, 6.45) is -0.0970. The van der Waals surface area contributed by atoms with E-state index in [4.69, 9.17) is 0 Å². The van der Waals surface area contributed by atoms with E-state index in [0.29, 0.717) is 25.9 Å². The van der Waals surface area contributed by atoms with Crippen molar-refractivity contribution < 1.29 is 18.0 Å². The van der Waals surface area contributed by atoms with Crippen molar-refractivity contribution in [2.24, 2.45) is 5.92 Å². The summed E-state index contributed by atoms with van der Waals surface area (Å²) < 4.78 is 38.2.